The van der Waals surface area contributed by atoms with Crippen molar-refractivity contribution in [1.82, 2.24) is 9.78 Å². The molecule has 23 heavy (non-hydrogen) atoms. The lowest BCUT2D eigenvalue weighted by Crippen LogP contribution is -2.10. The van der Waals surface area contributed by atoms with Gasteiger partial charge in [-0.2, -0.15) is 5.10 Å². The van der Waals surface area contributed by atoms with Crippen LogP contribution in [0.3, 0.4) is 0 Å². The second-order valence-electron chi connectivity index (χ2n) is 4.82. The fraction of sp³-hybridized carbons (Fsp3) is 0.133. The summed E-state index contributed by atoms with van der Waals surface area (Å²) in [5, 5.41) is 5.91. The van der Waals surface area contributed by atoms with E-state index in [2.05, 4.69) is 9.82 Å². The standard InChI is InChI=1S/C15H15N3O3S2/c1-21-14-5-2-4-12(8-14)10-18-11-13(9-16-18)17-23(19,20)15-6-3-7-22-15/h2-9,11,17H,10H2,1H3. The summed E-state index contributed by atoms with van der Waals surface area (Å²) in [7, 11) is -1.93. The molecule has 2 heterocycles. The van der Waals surface area contributed by atoms with Gasteiger partial charge in [-0.05, 0) is 29.1 Å². The second kappa shape index (κ2) is 6.43. The maximum atomic E-state index is 12.2. The number of nitrogens with one attached hydrogen (secondary N) is 1. The Balaban J connectivity index is 1.73. The van der Waals surface area contributed by atoms with Crippen LogP contribution < -0.4 is 9.46 Å². The molecule has 1 N–H and O–H groups in total. The summed E-state index contributed by atoms with van der Waals surface area (Å²) in [5.41, 5.74) is 1.45. The van der Waals surface area contributed by atoms with Gasteiger partial charge in [-0.1, -0.05) is 18.2 Å². The minimum absolute atomic E-state index is 0.276. The van der Waals surface area contributed by atoms with Crippen LogP contribution in [0.2, 0.25) is 0 Å². The quantitative estimate of drug-likeness (QED) is 0.743. The van der Waals surface area contributed by atoms with Crippen molar-refractivity contribution >= 4 is 27.0 Å². The highest BCUT2D eigenvalue weighted by atomic mass is 32.2. The highest BCUT2D eigenvalue weighted by Crippen LogP contribution is 2.20. The third kappa shape index (κ3) is 3.72. The molecule has 0 atom stereocenters. The molecule has 3 aromatic rings. The Morgan fingerprint density at radius 3 is 2.91 bits per heavy atom. The summed E-state index contributed by atoms with van der Waals surface area (Å²) < 4.78 is 34.0. The molecule has 0 bridgehead atoms. The fourth-order valence-electron chi connectivity index (χ4n) is 2.08. The van der Waals surface area contributed by atoms with E-state index in [1.807, 2.05) is 24.3 Å². The normalized spacial score (nSPS) is 11.3. The zero-order valence-corrected chi connectivity index (χ0v) is 14.0. The van der Waals surface area contributed by atoms with Crippen LogP contribution in [0.15, 0.2) is 58.4 Å². The number of sulfonamides is 1. The monoisotopic (exact) mass is 349 g/mol. The third-order valence-corrected chi connectivity index (χ3v) is 5.90. The molecule has 0 spiro atoms. The van der Waals surface area contributed by atoms with Crippen molar-refractivity contribution in [1.29, 1.82) is 0 Å². The van der Waals surface area contributed by atoms with E-state index >= 15 is 0 Å². The van der Waals surface area contributed by atoms with E-state index in [0.717, 1.165) is 11.3 Å². The Hall–Kier alpha value is -2.32. The van der Waals surface area contributed by atoms with Crippen molar-refractivity contribution in [3.63, 3.8) is 0 Å². The van der Waals surface area contributed by atoms with E-state index in [1.165, 1.54) is 17.5 Å². The maximum absolute atomic E-state index is 12.2. The lowest BCUT2D eigenvalue weighted by atomic mass is 10.2. The minimum Gasteiger partial charge on any atom is -0.497 e. The van der Waals surface area contributed by atoms with Crippen LogP contribution in [-0.2, 0) is 16.6 Å². The largest absolute Gasteiger partial charge is 0.497 e. The topological polar surface area (TPSA) is 73.2 Å². The average molecular weight is 349 g/mol. The third-order valence-electron chi connectivity index (χ3n) is 3.12. The smallest absolute Gasteiger partial charge is 0.271 e. The molecule has 0 saturated heterocycles. The van der Waals surface area contributed by atoms with Crippen LogP contribution >= 0.6 is 11.3 Å². The summed E-state index contributed by atoms with van der Waals surface area (Å²) in [4.78, 5) is 0. The molecule has 0 aliphatic rings. The zero-order valence-electron chi connectivity index (χ0n) is 12.3. The molecule has 0 unspecified atom stereocenters. The molecule has 0 aliphatic carbocycles. The molecule has 120 valence electrons. The first kappa shape index (κ1) is 15.6. The Labute approximate surface area is 138 Å². The van der Waals surface area contributed by atoms with Crippen LogP contribution in [0.25, 0.3) is 0 Å². The highest BCUT2D eigenvalue weighted by molar-refractivity contribution is 7.94. The molecule has 0 fully saturated rings. The summed E-state index contributed by atoms with van der Waals surface area (Å²) >= 11 is 1.17. The van der Waals surface area contributed by atoms with E-state index in [9.17, 15) is 8.42 Å². The van der Waals surface area contributed by atoms with Crippen molar-refractivity contribution in [2.45, 2.75) is 10.8 Å². The predicted octanol–water partition coefficient (Wildman–Crippen LogP) is 2.80. The minimum atomic E-state index is -3.55. The van der Waals surface area contributed by atoms with Gasteiger partial charge >= 0.3 is 0 Å². The summed E-state index contributed by atoms with van der Waals surface area (Å²) in [6.07, 6.45) is 3.15. The molecule has 0 amide bonds. The SMILES string of the molecule is COc1cccc(Cn2cc(NS(=O)(=O)c3cccs3)cn2)c1. The Morgan fingerprint density at radius 1 is 1.30 bits per heavy atom. The van der Waals surface area contributed by atoms with Crippen LogP contribution in [-0.4, -0.2) is 25.3 Å². The van der Waals surface area contributed by atoms with Gasteiger partial charge in [0, 0.05) is 6.20 Å². The first-order valence-corrected chi connectivity index (χ1v) is 9.15. The van der Waals surface area contributed by atoms with Crippen molar-refractivity contribution < 1.29 is 13.2 Å². The lowest BCUT2D eigenvalue weighted by molar-refractivity contribution is 0.414. The van der Waals surface area contributed by atoms with Gasteiger partial charge in [0.25, 0.3) is 10.0 Å². The van der Waals surface area contributed by atoms with Gasteiger partial charge in [-0.15, -0.1) is 11.3 Å². The zero-order chi connectivity index (χ0) is 16.3. The number of ether oxygens (including phenoxy) is 1. The van der Waals surface area contributed by atoms with Gasteiger partial charge in [0.1, 0.15) is 9.96 Å². The summed E-state index contributed by atoms with van der Waals surface area (Å²) in [5.74, 6) is 0.772. The van der Waals surface area contributed by atoms with Gasteiger partial charge in [0.15, 0.2) is 0 Å². The van der Waals surface area contributed by atoms with Crippen molar-refractivity contribution in [2.24, 2.45) is 0 Å². The van der Waals surface area contributed by atoms with E-state index in [-0.39, 0.29) is 4.21 Å². The molecule has 6 nitrogen and oxygen atoms in total. The molecular formula is C15H15N3O3S2. The Bertz CT molecular complexity index is 886. The van der Waals surface area contributed by atoms with Crippen LogP contribution in [0.1, 0.15) is 5.56 Å². The molecule has 0 aliphatic heterocycles. The van der Waals surface area contributed by atoms with Gasteiger partial charge in [-0.25, -0.2) is 8.42 Å². The Morgan fingerprint density at radius 2 is 2.17 bits per heavy atom. The van der Waals surface area contributed by atoms with Gasteiger partial charge < -0.3 is 4.74 Å². The Kier molecular flexibility index (Phi) is 4.35. The number of nitrogens with zero attached hydrogens (tertiary/aromatic N) is 2. The number of benzene rings is 1. The van der Waals surface area contributed by atoms with Crippen molar-refractivity contribution in [3.8, 4) is 5.75 Å². The number of hydrogen-bond donors (Lipinski definition) is 1. The second-order valence-corrected chi connectivity index (χ2v) is 7.67. The summed E-state index contributed by atoms with van der Waals surface area (Å²) in [6.45, 7) is 0.526. The number of hydrogen-bond acceptors (Lipinski definition) is 5. The molecule has 2 aromatic heterocycles. The number of methoxy groups -OCH3 is 1. The van der Waals surface area contributed by atoms with Gasteiger partial charge in [0.2, 0.25) is 0 Å². The number of rotatable bonds is 6. The highest BCUT2D eigenvalue weighted by Gasteiger charge is 2.16. The van der Waals surface area contributed by atoms with E-state index in [4.69, 9.17) is 4.74 Å². The number of anilines is 1. The van der Waals surface area contributed by atoms with Crippen LogP contribution in [0.4, 0.5) is 5.69 Å². The number of thiophene rings is 1. The van der Waals surface area contributed by atoms with Crippen molar-refractivity contribution in [3.05, 3.63) is 59.7 Å². The van der Waals surface area contributed by atoms with Gasteiger partial charge in [-0.3, -0.25) is 9.40 Å². The molecule has 1 aromatic carbocycles. The van der Waals surface area contributed by atoms with Crippen LogP contribution in [0, 0.1) is 0 Å². The molecular weight excluding hydrogens is 334 g/mol. The van der Waals surface area contributed by atoms with E-state index in [0.29, 0.717) is 12.2 Å². The van der Waals surface area contributed by atoms with E-state index in [1.54, 1.807) is 35.5 Å². The maximum Gasteiger partial charge on any atom is 0.271 e. The molecule has 0 saturated carbocycles. The summed E-state index contributed by atoms with van der Waals surface area (Å²) in [6, 6.07) is 10.9. The van der Waals surface area contributed by atoms with E-state index < -0.39 is 10.0 Å². The number of aromatic nitrogens is 2. The first-order chi connectivity index (χ1) is 11.1. The fourth-order valence-corrected chi connectivity index (χ4v) is 4.10. The molecule has 0 radical (unpaired) electrons. The van der Waals surface area contributed by atoms with Crippen molar-refractivity contribution in [2.75, 3.05) is 11.8 Å². The lowest BCUT2D eigenvalue weighted by Gasteiger charge is -2.05. The average Bonchev–Trinajstić information content (AvgIpc) is 3.19. The first-order valence-electron chi connectivity index (χ1n) is 6.78. The van der Waals surface area contributed by atoms with Crippen LogP contribution in [0.5, 0.6) is 5.75 Å². The molecule has 8 heteroatoms. The molecule has 3 rings (SSSR count). The predicted molar refractivity (Wildman–Crippen MR) is 89.5 cm³/mol. The van der Waals surface area contributed by atoms with Gasteiger partial charge in [0.05, 0.1) is 25.5 Å².